The molecule has 2 aromatic carbocycles. The van der Waals surface area contributed by atoms with Crippen LogP contribution in [-0.2, 0) is 6.42 Å². The van der Waals surface area contributed by atoms with Crippen LogP contribution in [0.25, 0.3) is 11.3 Å². The van der Waals surface area contributed by atoms with Gasteiger partial charge in [-0.25, -0.2) is 0 Å². The molecule has 3 rings (SSSR count). The molecule has 0 unspecified atom stereocenters. The van der Waals surface area contributed by atoms with Gasteiger partial charge < -0.3 is 5.32 Å². The minimum atomic E-state index is -0.127. The fourth-order valence-electron chi connectivity index (χ4n) is 2.82. The fraction of sp³-hybridized carbons (Fsp3) is 0.200. The van der Waals surface area contributed by atoms with E-state index in [1.165, 1.54) is 5.56 Å². The lowest BCUT2D eigenvalue weighted by Crippen LogP contribution is -2.13. The Hall–Kier alpha value is -2.88. The monoisotopic (exact) mass is 319 g/mol. The van der Waals surface area contributed by atoms with Crippen molar-refractivity contribution in [3.8, 4) is 11.3 Å². The molecule has 0 aliphatic rings. The van der Waals surface area contributed by atoms with Gasteiger partial charge in [-0.15, -0.1) is 0 Å². The molecule has 1 heterocycles. The van der Waals surface area contributed by atoms with Gasteiger partial charge in [0.25, 0.3) is 5.91 Å². The fourth-order valence-corrected chi connectivity index (χ4v) is 2.82. The number of amides is 1. The lowest BCUT2D eigenvalue weighted by molar-refractivity contribution is 0.102. The molecule has 0 bridgehead atoms. The standard InChI is InChI=1S/C20H21N3O/c1-4-17-19(21-20(24)15-8-6-5-7-9-15)18(23-22-17)16-11-10-13(2)12-14(16)3/h5-12H,4H2,1-3H3,(H,21,24)(H,22,23). The first-order chi connectivity index (χ1) is 11.6. The van der Waals surface area contributed by atoms with Gasteiger partial charge in [0.05, 0.1) is 11.4 Å². The molecule has 4 heteroatoms. The summed E-state index contributed by atoms with van der Waals surface area (Å²) in [7, 11) is 0. The van der Waals surface area contributed by atoms with Crippen molar-refractivity contribution < 1.29 is 4.79 Å². The number of H-pyrrole nitrogens is 1. The predicted molar refractivity (Wildman–Crippen MR) is 97.3 cm³/mol. The number of nitrogens with zero attached hydrogens (tertiary/aromatic N) is 1. The molecule has 0 aliphatic heterocycles. The van der Waals surface area contributed by atoms with Gasteiger partial charge in [0, 0.05) is 11.1 Å². The molecule has 1 amide bonds. The van der Waals surface area contributed by atoms with Gasteiger partial charge in [-0.1, -0.05) is 48.9 Å². The van der Waals surface area contributed by atoms with E-state index in [1.807, 2.05) is 25.1 Å². The molecule has 0 atom stereocenters. The number of aryl methyl sites for hydroxylation is 3. The van der Waals surface area contributed by atoms with E-state index in [-0.39, 0.29) is 5.91 Å². The summed E-state index contributed by atoms with van der Waals surface area (Å²) in [6.45, 7) is 6.17. The Morgan fingerprint density at radius 3 is 2.54 bits per heavy atom. The summed E-state index contributed by atoms with van der Waals surface area (Å²) >= 11 is 0. The van der Waals surface area contributed by atoms with Gasteiger partial charge in [0.2, 0.25) is 0 Å². The Balaban J connectivity index is 2.01. The maximum Gasteiger partial charge on any atom is 0.255 e. The summed E-state index contributed by atoms with van der Waals surface area (Å²) in [4.78, 5) is 12.5. The molecule has 1 aromatic heterocycles. The number of aromatic amines is 1. The van der Waals surface area contributed by atoms with Crippen molar-refractivity contribution in [3.05, 3.63) is 70.9 Å². The first kappa shape index (κ1) is 16.0. The molecular weight excluding hydrogens is 298 g/mol. The molecular formula is C20H21N3O. The molecule has 3 aromatic rings. The highest BCUT2D eigenvalue weighted by molar-refractivity contribution is 6.06. The SMILES string of the molecule is CCc1[nH]nc(-c2ccc(C)cc2C)c1NC(=O)c1ccccc1. The van der Waals surface area contributed by atoms with E-state index in [4.69, 9.17) is 0 Å². The zero-order chi connectivity index (χ0) is 17.1. The van der Waals surface area contributed by atoms with Gasteiger partial charge >= 0.3 is 0 Å². The van der Waals surface area contributed by atoms with Crippen molar-refractivity contribution in [2.75, 3.05) is 5.32 Å². The molecule has 0 saturated carbocycles. The molecule has 122 valence electrons. The molecule has 0 aliphatic carbocycles. The number of carbonyl (C=O) groups excluding carboxylic acids is 1. The van der Waals surface area contributed by atoms with Crippen LogP contribution < -0.4 is 5.32 Å². The lowest BCUT2D eigenvalue weighted by Gasteiger charge is -2.10. The van der Waals surface area contributed by atoms with Crippen molar-refractivity contribution in [3.63, 3.8) is 0 Å². The minimum absolute atomic E-state index is 0.127. The normalized spacial score (nSPS) is 10.6. The first-order valence-electron chi connectivity index (χ1n) is 8.11. The Kier molecular flexibility index (Phi) is 4.47. The number of nitrogens with one attached hydrogen (secondary N) is 2. The Morgan fingerprint density at radius 2 is 1.88 bits per heavy atom. The molecule has 4 nitrogen and oxygen atoms in total. The molecule has 0 spiro atoms. The average molecular weight is 319 g/mol. The number of hydrogen-bond donors (Lipinski definition) is 2. The molecule has 0 fully saturated rings. The third-order valence-electron chi connectivity index (χ3n) is 4.11. The largest absolute Gasteiger partial charge is 0.319 e. The highest BCUT2D eigenvalue weighted by Crippen LogP contribution is 2.32. The van der Waals surface area contributed by atoms with Crippen LogP contribution in [0.4, 0.5) is 5.69 Å². The van der Waals surface area contributed by atoms with Crippen molar-refractivity contribution >= 4 is 11.6 Å². The minimum Gasteiger partial charge on any atom is -0.319 e. The molecule has 24 heavy (non-hydrogen) atoms. The van der Waals surface area contributed by atoms with Gasteiger partial charge in [-0.05, 0) is 38.0 Å². The van der Waals surface area contributed by atoms with E-state index < -0.39 is 0 Å². The number of carbonyl (C=O) groups is 1. The second-order valence-corrected chi connectivity index (χ2v) is 5.92. The van der Waals surface area contributed by atoms with E-state index in [1.54, 1.807) is 12.1 Å². The quantitative estimate of drug-likeness (QED) is 0.743. The number of aromatic nitrogens is 2. The summed E-state index contributed by atoms with van der Waals surface area (Å²) in [5, 5.41) is 10.5. The zero-order valence-corrected chi connectivity index (χ0v) is 14.2. The van der Waals surface area contributed by atoms with Crippen LogP contribution >= 0.6 is 0 Å². The predicted octanol–water partition coefficient (Wildman–Crippen LogP) is 4.51. The van der Waals surface area contributed by atoms with Crippen molar-refractivity contribution in [1.29, 1.82) is 0 Å². The summed E-state index contributed by atoms with van der Waals surface area (Å²) in [6, 6.07) is 15.5. The van der Waals surface area contributed by atoms with Gasteiger partial charge in [0.15, 0.2) is 0 Å². The molecule has 0 saturated heterocycles. The highest BCUT2D eigenvalue weighted by Gasteiger charge is 2.18. The van der Waals surface area contributed by atoms with Crippen LogP contribution in [0.3, 0.4) is 0 Å². The van der Waals surface area contributed by atoms with E-state index in [0.29, 0.717) is 5.56 Å². The van der Waals surface area contributed by atoms with E-state index in [9.17, 15) is 4.79 Å². The maximum atomic E-state index is 12.5. The van der Waals surface area contributed by atoms with Crippen LogP contribution in [0, 0.1) is 13.8 Å². The zero-order valence-electron chi connectivity index (χ0n) is 14.2. The second kappa shape index (κ2) is 6.71. The topological polar surface area (TPSA) is 57.8 Å². The van der Waals surface area contributed by atoms with Gasteiger partial charge in [-0.2, -0.15) is 5.10 Å². The van der Waals surface area contributed by atoms with Gasteiger partial charge in [0.1, 0.15) is 5.69 Å². The smallest absolute Gasteiger partial charge is 0.255 e. The summed E-state index contributed by atoms with van der Waals surface area (Å²) in [6.07, 6.45) is 0.766. The summed E-state index contributed by atoms with van der Waals surface area (Å²) < 4.78 is 0. The Bertz CT molecular complexity index is 866. The lowest BCUT2D eigenvalue weighted by atomic mass is 10.0. The maximum absolute atomic E-state index is 12.5. The van der Waals surface area contributed by atoms with E-state index in [2.05, 4.69) is 47.6 Å². The first-order valence-corrected chi connectivity index (χ1v) is 8.11. The van der Waals surface area contributed by atoms with Crippen LogP contribution in [0.2, 0.25) is 0 Å². The Labute approximate surface area is 141 Å². The third kappa shape index (κ3) is 3.08. The van der Waals surface area contributed by atoms with Crippen molar-refractivity contribution in [1.82, 2.24) is 10.2 Å². The summed E-state index contributed by atoms with van der Waals surface area (Å²) in [5.74, 6) is -0.127. The van der Waals surface area contributed by atoms with Crippen LogP contribution in [0.15, 0.2) is 48.5 Å². The number of rotatable bonds is 4. The Morgan fingerprint density at radius 1 is 1.12 bits per heavy atom. The van der Waals surface area contributed by atoms with Crippen LogP contribution in [0.1, 0.15) is 34.1 Å². The highest BCUT2D eigenvalue weighted by atomic mass is 16.1. The number of anilines is 1. The molecule has 0 radical (unpaired) electrons. The number of benzene rings is 2. The number of hydrogen-bond acceptors (Lipinski definition) is 2. The van der Waals surface area contributed by atoms with Crippen LogP contribution in [-0.4, -0.2) is 16.1 Å². The average Bonchev–Trinajstić information content (AvgIpc) is 2.98. The van der Waals surface area contributed by atoms with E-state index >= 15 is 0 Å². The van der Waals surface area contributed by atoms with Gasteiger partial charge in [-0.3, -0.25) is 9.89 Å². The van der Waals surface area contributed by atoms with Crippen molar-refractivity contribution in [2.24, 2.45) is 0 Å². The third-order valence-corrected chi connectivity index (χ3v) is 4.11. The van der Waals surface area contributed by atoms with Crippen molar-refractivity contribution in [2.45, 2.75) is 27.2 Å². The van der Waals surface area contributed by atoms with E-state index in [0.717, 1.165) is 34.6 Å². The van der Waals surface area contributed by atoms with Crippen LogP contribution in [0.5, 0.6) is 0 Å². The second-order valence-electron chi connectivity index (χ2n) is 5.92. The molecule has 2 N–H and O–H groups in total. The summed E-state index contributed by atoms with van der Waals surface area (Å²) in [5.41, 5.74) is 6.48.